The van der Waals surface area contributed by atoms with Crippen LogP contribution in [-0.4, -0.2) is 26.1 Å². The molecule has 0 saturated carbocycles. The van der Waals surface area contributed by atoms with Crippen LogP contribution >= 0.6 is 0 Å². The number of carboxylic acid groups (broad SMARTS) is 1. The summed E-state index contributed by atoms with van der Waals surface area (Å²) in [7, 11) is 0. The van der Waals surface area contributed by atoms with Gasteiger partial charge in [-0.2, -0.15) is 0 Å². The lowest BCUT2D eigenvalue weighted by molar-refractivity contribution is 0.0697. The van der Waals surface area contributed by atoms with Gasteiger partial charge in [-0.3, -0.25) is 9.36 Å². The molecule has 1 atom stereocenters. The molecule has 0 fully saturated rings. The van der Waals surface area contributed by atoms with Crippen LogP contribution in [0.2, 0.25) is 0 Å². The first-order chi connectivity index (χ1) is 16.4. The molecule has 4 rings (SSSR count). The van der Waals surface area contributed by atoms with Gasteiger partial charge in [0.25, 0.3) is 5.91 Å². The van der Waals surface area contributed by atoms with Gasteiger partial charge in [0.1, 0.15) is 0 Å². The van der Waals surface area contributed by atoms with Crippen LogP contribution in [0, 0.1) is 0 Å². The number of carbonyl (C=O) groups excluding carboxylic acids is 1. The molecule has 1 unspecified atom stereocenters. The van der Waals surface area contributed by atoms with Crippen molar-refractivity contribution >= 4 is 11.9 Å². The fourth-order valence-corrected chi connectivity index (χ4v) is 4.02. The van der Waals surface area contributed by atoms with Crippen molar-refractivity contribution in [3.63, 3.8) is 0 Å². The maximum Gasteiger partial charge on any atom is 0.336 e. The first kappa shape index (κ1) is 23.0. The molecule has 6 heteroatoms. The third-order valence-corrected chi connectivity index (χ3v) is 6.13. The predicted molar refractivity (Wildman–Crippen MR) is 132 cm³/mol. The van der Waals surface area contributed by atoms with Crippen LogP contribution in [0.25, 0.3) is 11.1 Å². The monoisotopic (exact) mass is 454 g/mol. The normalized spacial score (nSPS) is 11.8. The Balaban J connectivity index is 1.69. The quantitative estimate of drug-likeness (QED) is 0.413. The van der Waals surface area contributed by atoms with Crippen molar-refractivity contribution in [3.05, 3.63) is 118 Å². The number of imidazole rings is 1. The van der Waals surface area contributed by atoms with Gasteiger partial charge in [0.15, 0.2) is 0 Å². The van der Waals surface area contributed by atoms with E-state index in [2.05, 4.69) is 0 Å². The van der Waals surface area contributed by atoms with Crippen LogP contribution in [0.3, 0.4) is 0 Å². The number of carbonyl (C=O) groups is 2. The minimum absolute atomic E-state index is 0.0965. The molecule has 0 aliphatic heterocycles. The van der Waals surface area contributed by atoms with E-state index < -0.39 is 5.97 Å². The Bertz CT molecular complexity index is 1380. The van der Waals surface area contributed by atoms with Gasteiger partial charge >= 0.3 is 11.7 Å². The second kappa shape index (κ2) is 9.75. The Morgan fingerprint density at radius 2 is 1.56 bits per heavy atom. The van der Waals surface area contributed by atoms with Crippen LogP contribution < -0.4 is 5.69 Å². The second-order valence-electron chi connectivity index (χ2n) is 8.32. The van der Waals surface area contributed by atoms with E-state index in [-0.39, 0.29) is 23.1 Å². The molecular formula is C28H26N2O4. The SMILES string of the molecule is CCC(C)c1cn(C(=O)c2ccccc2)c(=O)n1Cc1ccc(-c2ccccc2C(=O)O)cc1. The number of hydrogen-bond acceptors (Lipinski definition) is 3. The molecule has 6 nitrogen and oxygen atoms in total. The number of aromatic nitrogens is 2. The molecule has 4 aromatic rings. The lowest BCUT2D eigenvalue weighted by Gasteiger charge is -2.13. The van der Waals surface area contributed by atoms with Crippen LogP contribution in [0.4, 0.5) is 0 Å². The fraction of sp³-hybridized carbons (Fsp3) is 0.179. The van der Waals surface area contributed by atoms with Gasteiger partial charge in [0.05, 0.1) is 12.1 Å². The number of aromatic carboxylic acids is 1. The third kappa shape index (κ3) is 4.48. The van der Waals surface area contributed by atoms with E-state index in [0.717, 1.165) is 23.2 Å². The van der Waals surface area contributed by atoms with Crippen molar-refractivity contribution in [2.75, 3.05) is 0 Å². The molecule has 0 saturated heterocycles. The highest BCUT2D eigenvalue weighted by Gasteiger charge is 2.20. The number of rotatable bonds is 7. The van der Waals surface area contributed by atoms with E-state index in [1.54, 1.807) is 59.3 Å². The zero-order valence-corrected chi connectivity index (χ0v) is 19.1. The summed E-state index contributed by atoms with van der Waals surface area (Å²) in [4.78, 5) is 37.8. The van der Waals surface area contributed by atoms with Crippen LogP contribution in [-0.2, 0) is 6.54 Å². The van der Waals surface area contributed by atoms with Crippen molar-refractivity contribution in [3.8, 4) is 11.1 Å². The molecule has 3 aromatic carbocycles. The van der Waals surface area contributed by atoms with Gasteiger partial charge in [-0.25, -0.2) is 14.2 Å². The summed E-state index contributed by atoms with van der Waals surface area (Å²) in [6.45, 7) is 4.40. The molecule has 1 heterocycles. The Labute approximate surface area is 197 Å². The van der Waals surface area contributed by atoms with Crippen molar-refractivity contribution in [1.29, 1.82) is 0 Å². The first-order valence-corrected chi connectivity index (χ1v) is 11.2. The number of benzene rings is 3. The Morgan fingerprint density at radius 3 is 2.21 bits per heavy atom. The largest absolute Gasteiger partial charge is 0.478 e. The minimum atomic E-state index is -0.978. The van der Waals surface area contributed by atoms with Crippen molar-refractivity contribution < 1.29 is 14.7 Å². The van der Waals surface area contributed by atoms with Crippen LogP contribution in [0.15, 0.2) is 89.9 Å². The molecule has 1 N–H and O–H groups in total. The summed E-state index contributed by atoms with van der Waals surface area (Å²) in [5.74, 6) is -1.23. The maximum absolute atomic E-state index is 13.3. The van der Waals surface area contributed by atoms with E-state index >= 15 is 0 Å². The van der Waals surface area contributed by atoms with E-state index in [4.69, 9.17) is 0 Å². The molecule has 172 valence electrons. The van der Waals surface area contributed by atoms with Crippen molar-refractivity contribution in [2.24, 2.45) is 0 Å². The zero-order valence-electron chi connectivity index (χ0n) is 19.1. The summed E-state index contributed by atoms with van der Waals surface area (Å²) < 4.78 is 2.84. The van der Waals surface area contributed by atoms with E-state index in [0.29, 0.717) is 17.7 Å². The zero-order chi connectivity index (χ0) is 24.2. The van der Waals surface area contributed by atoms with Gasteiger partial charge in [-0.15, -0.1) is 0 Å². The van der Waals surface area contributed by atoms with Gasteiger partial charge in [-0.1, -0.05) is 74.5 Å². The van der Waals surface area contributed by atoms with E-state index in [1.165, 1.54) is 4.57 Å². The topological polar surface area (TPSA) is 81.3 Å². The van der Waals surface area contributed by atoms with Crippen LogP contribution in [0.1, 0.15) is 58.2 Å². The summed E-state index contributed by atoms with van der Waals surface area (Å²) >= 11 is 0. The Hall–Kier alpha value is -4.19. The maximum atomic E-state index is 13.3. The summed E-state index contributed by atoms with van der Waals surface area (Å²) in [5, 5.41) is 9.47. The highest BCUT2D eigenvalue weighted by Crippen LogP contribution is 2.25. The predicted octanol–water partition coefficient (Wildman–Crippen LogP) is 5.27. The second-order valence-corrected chi connectivity index (χ2v) is 8.32. The van der Waals surface area contributed by atoms with Gasteiger partial charge in [0.2, 0.25) is 0 Å². The molecule has 0 spiro atoms. The molecular weight excluding hydrogens is 428 g/mol. The minimum Gasteiger partial charge on any atom is -0.478 e. The lowest BCUT2D eigenvalue weighted by atomic mass is 9.98. The number of carboxylic acids is 1. The number of hydrogen-bond donors (Lipinski definition) is 1. The van der Waals surface area contributed by atoms with Crippen molar-refractivity contribution in [2.45, 2.75) is 32.7 Å². The molecule has 1 aromatic heterocycles. The van der Waals surface area contributed by atoms with Crippen LogP contribution in [0.5, 0.6) is 0 Å². The third-order valence-electron chi connectivity index (χ3n) is 6.13. The van der Waals surface area contributed by atoms with E-state index in [1.807, 2.05) is 44.2 Å². The molecule has 0 aliphatic carbocycles. The smallest absolute Gasteiger partial charge is 0.336 e. The van der Waals surface area contributed by atoms with Gasteiger partial charge in [0, 0.05) is 17.5 Å². The average Bonchev–Trinajstić information content (AvgIpc) is 3.19. The summed E-state index contributed by atoms with van der Waals surface area (Å²) in [5.41, 5.74) is 3.43. The Kier molecular flexibility index (Phi) is 6.59. The summed E-state index contributed by atoms with van der Waals surface area (Å²) in [6, 6.07) is 23.1. The van der Waals surface area contributed by atoms with Crippen molar-refractivity contribution in [1.82, 2.24) is 9.13 Å². The molecule has 0 bridgehead atoms. The highest BCUT2D eigenvalue weighted by molar-refractivity contribution is 5.96. The molecule has 0 radical (unpaired) electrons. The van der Waals surface area contributed by atoms with Gasteiger partial charge < -0.3 is 5.11 Å². The lowest BCUT2D eigenvalue weighted by Crippen LogP contribution is -2.30. The Morgan fingerprint density at radius 1 is 0.912 bits per heavy atom. The number of nitrogens with zero attached hydrogens (tertiary/aromatic N) is 2. The highest BCUT2D eigenvalue weighted by atomic mass is 16.4. The first-order valence-electron chi connectivity index (χ1n) is 11.2. The molecule has 34 heavy (non-hydrogen) atoms. The summed E-state index contributed by atoms with van der Waals surface area (Å²) in [6.07, 6.45) is 2.48. The van der Waals surface area contributed by atoms with Gasteiger partial charge in [-0.05, 0) is 47.2 Å². The average molecular weight is 455 g/mol. The van der Waals surface area contributed by atoms with E-state index in [9.17, 15) is 19.5 Å². The standard InChI is InChI=1S/C28H26N2O4/c1-3-19(2)25-18-30(26(31)22-9-5-4-6-10-22)28(34)29(25)17-20-13-15-21(16-14-20)23-11-7-8-12-24(23)27(32)33/h4-16,18-19H,3,17H2,1-2H3,(H,32,33). The molecule has 0 aliphatic rings. The molecule has 0 amide bonds. The fourth-order valence-electron chi connectivity index (χ4n) is 4.02.